The van der Waals surface area contributed by atoms with Gasteiger partial charge in [0.25, 0.3) is 5.91 Å². The monoisotopic (exact) mass is 456 g/mol. The first-order valence-electron chi connectivity index (χ1n) is 10.4. The van der Waals surface area contributed by atoms with Gasteiger partial charge in [0.1, 0.15) is 5.82 Å². The highest BCUT2D eigenvalue weighted by Crippen LogP contribution is 2.27. The molecule has 0 saturated heterocycles. The van der Waals surface area contributed by atoms with E-state index in [-0.39, 0.29) is 0 Å². The number of aromatic amines is 1. The molecule has 33 heavy (non-hydrogen) atoms. The number of aryl methyl sites for hydroxylation is 1. The van der Waals surface area contributed by atoms with Crippen molar-refractivity contribution in [1.29, 1.82) is 0 Å². The van der Waals surface area contributed by atoms with Gasteiger partial charge in [0.05, 0.1) is 26.8 Å². The molecule has 2 N–H and O–H groups in total. The number of carbonyl (C=O) groups is 2. The molecule has 0 aliphatic carbocycles. The zero-order valence-electron chi connectivity index (χ0n) is 18.0. The number of hydrogen-bond donors (Lipinski definition) is 2. The van der Waals surface area contributed by atoms with Gasteiger partial charge in [0.2, 0.25) is 0 Å². The fourth-order valence-corrected chi connectivity index (χ4v) is 4.41. The summed E-state index contributed by atoms with van der Waals surface area (Å²) in [5.41, 5.74) is 4.67. The van der Waals surface area contributed by atoms with Gasteiger partial charge >= 0.3 is 5.97 Å². The summed E-state index contributed by atoms with van der Waals surface area (Å²) in [5.74, 6) is -0.307. The number of imidazole rings is 1. The first-order valence-corrected chi connectivity index (χ1v) is 11.2. The van der Waals surface area contributed by atoms with E-state index in [4.69, 9.17) is 4.74 Å². The molecule has 0 aliphatic heterocycles. The number of anilines is 1. The predicted octanol–water partition coefficient (Wildman–Crippen LogP) is 5.33. The maximum Gasteiger partial charge on any atom is 0.338 e. The molecule has 0 fully saturated rings. The van der Waals surface area contributed by atoms with E-state index < -0.39 is 18.0 Å². The fraction of sp³-hybridized carbons (Fsp3) is 0.120. The molecule has 1 atom stereocenters. The third-order valence-corrected chi connectivity index (χ3v) is 6.13. The van der Waals surface area contributed by atoms with Crippen LogP contribution in [0.25, 0.3) is 32.6 Å². The molecule has 2 heterocycles. The molecule has 7 nitrogen and oxygen atoms in total. The van der Waals surface area contributed by atoms with E-state index in [0.717, 1.165) is 32.7 Å². The summed E-state index contributed by atoms with van der Waals surface area (Å²) in [6, 6.07) is 20.7. The van der Waals surface area contributed by atoms with E-state index >= 15 is 0 Å². The summed E-state index contributed by atoms with van der Waals surface area (Å²) < 4.78 is 6.38. The van der Waals surface area contributed by atoms with Gasteiger partial charge in [-0.2, -0.15) is 0 Å². The number of rotatable bonds is 5. The van der Waals surface area contributed by atoms with Gasteiger partial charge in [-0.05, 0) is 49.7 Å². The third kappa shape index (κ3) is 4.33. The average Bonchev–Trinajstić information content (AvgIpc) is 3.42. The molecule has 2 aromatic heterocycles. The first-order chi connectivity index (χ1) is 16.0. The molecule has 8 heteroatoms. The zero-order chi connectivity index (χ0) is 22.9. The van der Waals surface area contributed by atoms with Gasteiger partial charge < -0.3 is 9.72 Å². The summed E-state index contributed by atoms with van der Waals surface area (Å²) in [7, 11) is 0. The van der Waals surface area contributed by atoms with Crippen LogP contribution in [0.1, 0.15) is 22.8 Å². The van der Waals surface area contributed by atoms with E-state index in [1.807, 2.05) is 55.5 Å². The fourth-order valence-electron chi connectivity index (χ4n) is 3.44. The Morgan fingerprint density at radius 3 is 2.61 bits per heavy atom. The Balaban J connectivity index is 1.28. The van der Waals surface area contributed by atoms with E-state index in [9.17, 15) is 9.59 Å². The van der Waals surface area contributed by atoms with Gasteiger partial charge in [-0.25, -0.2) is 14.8 Å². The minimum absolute atomic E-state index is 0.334. The van der Waals surface area contributed by atoms with Gasteiger partial charge in [-0.3, -0.25) is 10.1 Å². The van der Waals surface area contributed by atoms with Gasteiger partial charge in [-0.15, -0.1) is 0 Å². The number of thiazole rings is 1. The Hall–Kier alpha value is -4.04. The summed E-state index contributed by atoms with van der Waals surface area (Å²) in [6.07, 6.45) is -0.983. The van der Waals surface area contributed by atoms with Crippen molar-refractivity contribution in [3.05, 3.63) is 77.9 Å². The summed E-state index contributed by atoms with van der Waals surface area (Å²) in [4.78, 5) is 37.4. The van der Waals surface area contributed by atoms with Crippen LogP contribution in [0.3, 0.4) is 0 Å². The van der Waals surface area contributed by atoms with Crippen LogP contribution in [-0.2, 0) is 9.53 Å². The number of ether oxygens (including phenoxy) is 1. The van der Waals surface area contributed by atoms with Crippen molar-refractivity contribution >= 4 is 49.6 Å². The summed E-state index contributed by atoms with van der Waals surface area (Å²) in [6.45, 7) is 3.54. The highest BCUT2D eigenvalue weighted by Gasteiger charge is 2.21. The molecular weight excluding hydrogens is 436 g/mol. The smallest absolute Gasteiger partial charge is 0.338 e. The Kier molecular flexibility index (Phi) is 5.35. The second kappa shape index (κ2) is 8.48. The molecule has 5 rings (SSSR count). The maximum absolute atomic E-state index is 12.7. The molecule has 0 spiro atoms. The molecule has 164 valence electrons. The van der Waals surface area contributed by atoms with Crippen LogP contribution in [-0.4, -0.2) is 32.9 Å². The number of hydrogen-bond acceptors (Lipinski definition) is 6. The third-order valence-electron chi connectivity index (χ3n) is 5.19. The van der Waals surface area contributed by atoms with Gasteiger partial charge in [0, 0.05) is 5.56 Å². The van der Waals surface area contributed by atoms with Crippen LogP contribution in [0.15, 0.2) is 66.7 Å². The maximum atomic E-state index is 12.7. The lowest BCUT2D eigenvalue weighted by atomic mass is 10.2. The number of H-pyrrole nitrogens is 1. The Labute approximate surface area is 193 Å². The van der Waals surface area contributed by atoms with Crippen LogP contribution in [0.5, 0.6) is 0 Å². The molecule has 1 amide bonds. The molecule has 5 aromatic rings. The van der Waals surface area contributed by atoms with E-state index in [1.54, 1.807) is 18.2 Å². The number of carbonyl (C=O) groups excluding carboxylic acids is 2. The number of amides is 1. The lowest BCUT2D eigenvalue weighted by Crippen LogP contribution is -2.29. The van der Waals surface area contributed by atoms with Crippen molar-refractivity contribution in [2.45, 2.75) is 20.0 Å². The summed E-state index contributed by atoms with van der Waals surface area (Å²) in [5, 5.41) is 3.20. The van der Waals surface area contributed by atoms with Gasteiger partial charge in [-0.1, -0.05) is 47.7 Å². The number of aromatic nitrogens is 3. The second-order valence-corrected chi connectivity index (χ2v) is 8.74. The first kappa shape index (κ1) is 20.8. The number of fused-ring (bicyclic) bond motifs is 2. The topological polar surface area (TPSA) is 97.0 Å². The number of nitrogens with one attached hydrogen (secondary N) is 2. The number of esters is 1. The van der Waals surface area contributed by atoms with Crippen LogP contribution in [0.2, 0.25) is 0 Å². The molecule has 3 aromatic carbocycles. The number of nitrogens with zero attached hydrogens (tertiary/aromatic N) is 2. The van der Waals surface area contributed by atoms with Crippen molar-refractivity contribution in [3.8, 4) is 11.4 Å². The largest absolute Gasteiger partial charge is 0.449 e. The highest BCUT2D eigenvalue weighted by molar-refractivity contribution is 7.22. The van der Waals surface area contributed by atoms with Crippen LogP contribution in [0.4, 0.5) is 5.13 Å². The summed E-state index contributed by atoms with van der Waals surface area (Å²) >= 11 is 1.38. The Morgan fingerprint density at radius 2 is 1.79 bits per heavy atom. The molecule has 1 unspecified atom stereocenters. The van der Waals surface area contributed by atoms with Gasteiger partial charge in [0.15, 0.2) is 11.2 Å². The highest BCUT2D eigenvalue weighted by atomic mass is 32.1. The normalized spacial score (nSPS) is 12.1. The zero-order valence-corrected chi connectivity index (χ0v) is 18.8. The molecule has 0 aliphatic rings. The van der Waals surface area contributed by atoms with Crippen molar-refractivity contribution in [2.24, 2.45) is 0 Å². The van der Waals surface area contributed by atoms with Crippen molar-refractivity contribution in [3.63, 3.8) is 0 Å². The van der Waals surface area contributed by atoms with Crippen molar-refractivity contribution in [2.75, 3.05) is 5.32 Å². The minimum atomic E-state index is -0.983. The van der Waals surface area contributed by atoms with Crippen molar-refractivity contribution in [1.82, 2.24) is 15.0 Å². The van der Waals surface area contributed by atoms with E-state index in [0.29, 0.717) is 16.2 Å². The number of benzene rings is 3. The standard InChI is InChI=1S/C25H20N4O3S/c1-14-8-10-19-21(12-14)33-25(28-19)29-23(30)15(2)32-24(31)17-9-11-18-20(13-17)27-22(26-18)16-6-4-3-5-7-16/h3-13,15H,1-2H3,(H,26,27)(H,28,29,30). The Morgan fingerprint density at radius 1 is 1.00 bits per heavy atom. The SMILES string of the molecule is Cc1ccc2nc(NC(=O)C(C)OC(=O)c3ccc4nc(-c5ccccc5)[nH]c4c3)sc2c1. The molecular formula is C25H20N4O3S. The average molecular weight is 457 g/mol. The molecule has 0 bridgehead atoms. The lowest BCUT2D eigenvalue weighted by Gasteiger charge is -2.12. The Bertz CT molecular complexity index is 1490. The minimum Gasteiger partial charge on any atom is -0.449 e. The second-order valence-electron chi connectivity index (χ2n) is 7.71. The predicted molar refractivity (Wildman–Crippen MR) is 129 cm³/mol. The lowest BCUT2D eigenvalue weighted by molar-refractivity contribution is -0.123. The molecule has 0 radical (unpaired) electrons. The molecule has 0 saturated carbocycles. The quantitative estimate of drug-likeness (QED) is 0.348. The van der Waals surface area contributed by atoms with Crippen LogP contribution < -0.4 is 5.32 Å². The van der Waals surface area contributed by atoms with Crippen molar-refractivity contribution < 1.29 is 14.3 Å². The van der Waals surface area contributed by atoms with E-state index in [2.05, 4.69) is 20.3 Å². The van der Waals surface area contributed by atoms with E-state index in [1.165, 1.54) is 18.3 Å². The van der Waals surface area contributed by atoms with Crippen LogP contribution >= 0.6 is 11.3 Å². The van der Waals surface area contributed by atoms with Crippen LogP contribution in [0, 0.1) is 6.92 Å².